The Morgan fingerprint density at radius 2 is 1.57 bits per heavy atom. The van der Waals surface area contributed by atoms with Crippen molar-refractivity contribution in [1.82, 2.24) is 0 Å². The number of nitrogens with one attached hydrogen (secondary N) is 2. The zero-order valence-corrected chi connectivity index (χ0v) is 17.2. The second-order valence-corrected chi connectivity index (χ2v) is 8.46. The first kappa shape index (κ1) is 21.3. The number of anilines is 2. The van der Waals surface area contributed by atoms with Crippen molar-refractivity contribution >= 4 is 44.6 Å². The van der Waals surface area contributed by atoms with Gasteiger partial charge in [-0.25, -0.2) is 8.42 Å². The monoisotopic (exact) mass is 445 g/mol. The lowest BCUT2D eigenvalue weighted by molar-refractivity contribution is -0.384. The van der Waals surface area contributed by atoms with E-state index in [1.807, 2.05) is 6.92 Å². The van der Waals surface area contributed by atoms with Gasteiger partial charge in [-0.15, -0.1) is 0 Å². The van der Waals surface area contributed by atoms with Crippen LogP contribution in [0.3, 0.4) is 0 Å². The second-order valence-electron chi connectivity index (χ2n) is 6.37. The van der Waals surface area contributed by atoms with Crippen LogP contribution < -0.4 is 10.0 Å². The average Bonchev–Trinajstić information content (AvgIpc) is 2.69. The molecule has 0 saturated carbocycles. The van der Waals surface area contributed by atoms with E-state index in [-0.39, 0.29) is 21.2 Å². The first-order chi connectivity index (χ1) is 14.2. The molecule has 0 bridgehead atoms. The van der Waals surface area contributed by atoms with E-state index >= 15 is 0 Å². The van der Waals surface area contributed by atoms with Crippen molar-refractivity contribution < 1.29 is 18.1 Å². The Kier molecular flexibility index (Phi) is 6.04. The number of nitrogens with zero attached hydrogens (tertiary/aromatic N) is 1. The number of benzene rings is 3. The molecular weight excluding hydrogens is 430 g/mol. The van der Waals surface area contributed by atoms with Crippen LogP contribution >= 0.6 is 11.6 Å². The predicted molar refractivity (Wildman–Crippen MR) is 114 cm³/mol. The van der Waals surface area contributed by atoms with Gasteiger partial charge in [0.05, 0.1) is 20.4 Å². The van der Waals surface area contributed by atoms with Crippen molar-refractivity contribution in [3.63, 3.8) is 0 Å². The minimum absolute atomic E-state index is 0.0517. The smallest absolute Gasteiger partial charge is 0.270 e. The third-order valence-electron chi connectivity index (χ3n) is 4.13. The molecule has 30 heavy (non-hydrogen) atoms. The number of nitro groups is 1. The van der Waals surface area contributed by atoms with Crippen molar-refractivity contribution in [3.05, 3.63) is 93.0 Å². The lowest BCUT2D eigenvalue weighted by atomic mass is 10.2. The quantitative estimate of drug-likeness (QED) is 0.424. The summed E-state index contributed by atoms with van der Waals surface area (Å²) in [6.45, 7) is 1.86. The Balaban J connectivity index is 1.71. The molecule has 10 heteroatoms. The van der Waals surface area contributed by atoms with Gasteiger partial charge in [-0.3, -0.25) is 19.6 Å². The lowest BCUT2D eigenvalue weighted by Gasteiger charge is -2.10. The minimum atomic E-state index is -3.74. The minimum Gasteiger partial charge on any atom is -0.322 e. The van der Waals surface area contributed by atoms with Gasteiger partial charge < -0.3 is 5.32 Å². The van der Waals surface area contributed by atoms with E-state index in [0.717, 1.165) is 11.6 Å². The molecule has 0 aliphatic carbocycles. The summed E-state index contributed by atoms with van der Waals surface area (Å²) >= 11 is 5.96. The summed E-state index contributed by atoms with van der Waals surface area (Å²) in [6.07, 6.45) is 0. The molecule has 0 heterocycles. The number of sulfonamides is 1. The standard InChI is InChI=1S/C20H16ClN3O5S/c1-13-2-9-17(10-3-13)30(28,29)23-15-6-4-14(5-7-15)22-20(25)18-11-8-16(24(26)27)12-19(18)21/h2-12,23H,1H3,(H,22,25). The zero-order chi connectivity index (χ0) is 21.9. The Hall–Kier alpha value is -3.43. The fourth-order valence-electron chi connectivity index (χ4n) is 2.55. The van der Waals surface area contributed by atoms with Gasteiger partial charge in [0.15, 0.2) is 0 Å². The van der Waals surface area contributed by atoms with E-state index in [0.29, 0.717) is 11.4 Å². The van der Waals surface area contributed by atoms with Crippen molar-refractivity contribution in [2.75, 3.05) is 10.0 Å². The van der Waals surface area contributed by atoms with Crippen LogP contribution in [0.25, 0.3) is 0 Å². The highest BCUT2D eigenvalue weighted by Gasteiger charge is 2.16. The first-order valence-electron chi connectivity index (χ1n) is 8.60. The van der Waals surface area contributed by atoms with Gasteiger partial charge in [-0.1, -0.05) is 29.3 Å². The van der Waals surface area contributed by atoms with Crippen molar-refractivity contribution in [1.29, 1.82) is 0 Å². The SMILES string of the molecule is Cc1ccc(S(=O)(=O)Nc2ccc(NC(=O)c3ccc([N+](=O)[O-])cc3Cl)cc2)cc1. The van der Waals surface area contributed by atoms with Crippen LogP contribution in [0.5, 0.6) is 0 Å². The van der Waals surface area contributed by atoms with Gasteiger partial charge in [0, 0.05) is 23.5 Å². The molecule has 1 amide bonds. The first-order valence-corrected chi connectivity index (χ1v) is 10.5. The Morgan fingerprint density at radius 3 is 2.13 bits per heavy atom. The third-order valence-corrected chi connectivity index (χ3v) is 5.84. The summed E-state index contributed by atoms with van der Waals surface area (Å²) < 4.78 is 27.3. The fraction of sp³-hybridized carbons (Fsp3) is 0.0500. The van der Waals surface area contributed by atoms with Crippen molar-refractivity contribution in [3.8, 4) is 0 Å². The predicted octanol–water partition coefficient (Wildman–Crippen LogP) is 4.61. The molecule has 0 saturated heterocycles. The Bertz CT molecular complexity index is 1210. The number of hydrogen-bond acceptors (Lipinski definition) is 5. The van der Waals surface area contributed by atoms with E-state index in [2.05, 4.69) is 10.0 Å². The molecule has 0 aromatic heterocycles. The number of hydrogen-bond donors (Lipinski definition) is 2. The lowest BCUT2D eigenvalue weighted by Crippen LogP contribution is -2.14. The summed E-state index contributed by atoms with van der Waals surface area (Å²) in [5.41, 5.74) is 1.52. The highest BCUT2D eigenvalue weighted by atomic mass is 35.5. The van der Waals surface area contributed by atoms with Crippen LogP contribution in [0.1, 0.15) is 15.9 Å². The average molecular weight is 446 g/mol. The molecule has 0 radical (unpaired) electrons. The zero-order valence-electron chi connectivity index (χ0n) is 15.6. The van der Waals surface area contributed by atoms with Crippen LogP contribution in [-0.2, 0) is 10.0 Å². The molecule has 0 aliphatic heterocycles. The number of carbonyl (C=O) groups excluding carboxylic acids is 1. The summed E-state index contributed by atoms with van der Waals surface area (Å²) in [5.74, 6) is -0.553. The molecule has 3 rings (SSSR count). The molecular formula is C20H16ClN3O5S. The van der Waals surface area contributed by atoms with Crippen molar-refractivity contribution in [2.24, 2.45) is 0 Å². The van der Waals surface area contributed by atoms with Crippen LogP contribution in [0.2, 0.25) is 5.02 Å². The van der Waals surface area contributed by atoms with Crippen LogP contribution in [0, 0.1) is 17.0 Å². The number of non-ortho nitro benzene ring substituents is 1. The van der Waals surface area contributed by atoms with Gasteiger partial charge in [0.1, 0.15) is 0 Å². The Morgan fingerprint density at radius 1 is 0.967 bits per heavy atom. The summed E-state index contributed by atoms with van der Waals surface area (Å²) in [6, 6.07) is 16.0. The molecule has 0 fully saturated rings. The fourth-order valence-corrected chi connectivity index (χ4v) is 3.87. The van der Waals surface area contributed by atoms with Gasteiger partial charge in [-0.2, -0.15) is 0 Å². The summed E-state index contributed by atoms with van der Waals surface area (Å²) in [4.78, 5) is 22.7. The second kappa shape index (κ2) is 8.52. The van der Waals surface area contributed by atoms with Crippen LogP contribution in [-0.4, -0.2) is 19.2 Å². The molecule has 3 aromatic carbocycles. The molecule has 0 atom stereocenters. The Labute approximate surface area is 177 Å². The molecule has 0 aliphatic rings. The number of halogens is 1. The maximum atomic E-state index is 12.4. The maximum absolute atomic E-state index is 12.4. The van der Waals surface area contributed by atoms with Gasteiger partial charge in [0.25, 0.3) is 21.6 Å². The third kappa shape index (κ3) is 4.94. The molecule has 0 unspecified atom stereocenters. The normalized spacial score (nSPS) is 11.0. The number of rotatable bonds is 6. The van der Waals surface area contributed by atoms with Crippen molar-refractivity contribution in [2.45, 2.75) is 11.8 Å². The van der Waals surface area contributed by atoms with E-state index in [1.54, 1.807) is 12.1 Å². The van der Waals surface area contributed by atoms with E-state index in [9.17, 15) is 23.3 Å². The van der Waals surface area contributed by atoms with E-state index in [4.69, 9.17) is 11.6 Å². The van der Waals surface area contributed by atoms with Crippen LogP contribution in [0.15, 0.2) is 71.6 Å². The highest BCUT2D eigenvalue weighted by molar-refractivity contribution is 7.92. The topological polar surface area (TPSA) is 118 Å². The number of amides is 1. The maximum Gasteiger partial charge on any atom is 0.270 e. The number of carbonyl (C=O) groups is 1. The summed E-state index contributed by atoms with van der Waals surface area (Å²) in [7, 11) is -3.74. The van der Waals surface area contributed by atoms with Gasteiger partial charge in [0.2, 0.25) is 0 Å². The molecule has 3 aromatic rings. The molecule has 8 nitrogen and oxygen atoms in total. The van der Waals surface area contributed by atoms with Crippen LogP contribution in [0.4, 0.5) is 17.1 Å². The largest absolute Gasteiger partial charge is 0.322 e. The molecule has 154 valence electrons. The molecule has 0 spiro atoms. The van der Waals surface area contributed by atoms with Gasteiger partial charge >= 0.3 is 0 Å². The van der Waals surface area contributed by atoms with E-state index in [1.165, 1.54) is 48.5 Å². The summed E-state index contributed by atoms with van der Waals surface area (Å²) in [5, 5.41) is 13.3. The number of nitro benzene ring substituents is 1. The van der Waals surface area contributed by atoms with E-state index < -0.39 is 20.9 Å². The molecule has 2 N–H and O–H groups in total. The number of aryl methyl sites for hydroxylation is 1. The van der Waals surface area contributed by atoms with Gasteiger partial charge in [-0.05, 0) is 49.4 Å². The highest BCUT2D eigenvalue weighted by Crippen LogP contribution is 2.24.